The predicted molar refractivity (Wildman–Crippen MR) is 81.7 cm³/mol. The van der Waals surface area contributed by atoms with Gasteiger partial charge in [-0.15, -0.1) is 0 Å². The van der Waals surface area contributed by atoms with Crippen LogP contribution in [0.15, 0.2) is 30.3 Å². The molecule has 110 valence electrons. The van der Waals surface area contributed by atoms with Gasteiger partial charge in [0, 0.05) is 38.3 Å². The van der Waals surface area contributed by atoms with Crippen LogP contribution < -0.4 is 5.32 Å². The maximum atomic E-state index is 5.62. The van der Waals surface area contributed by atoms with Crippen molar-refractivity contribution in [3.05, 3.63) is 35.9 Å². The van der Waals surface area contributed by atoms with Crippen LogP contribution in [0, 0.1) is 0 Å². The van der Waals surface area contributed by atoms with Crippen LogP contribution in [0.5, 0.6) is 0 Å². The SMILES string of the molecule is CC1CC(NC2CCN(Cc3ccccc3)C2)CCO1. The molecule has 0 radical (unpaired) electrons. The second-order valence-electron chi connectivity index (χ2n) is 6.28. The highest BCUT2D eigenvalue weighted by Gasteiger charge is 2.26. The number of hydrogen-bond donors (Lipinski definition) is 1. The zero-order valence-corrected chi connectivity index (χ0v) is 12.4. The molecule has 3 heteroatoms. The molecule has 0 spiro atoms. The standard InChI is InChI=1S/C17H26N2O/c1-14-11-16(8-10-20-14)18-17-7-9-19(13-17)12-15-5-3-2-4-6-15/h2-6,14,16-18H,7-13H2,1H3. The lowest BCUT2D eigenvalue weighted by atomic mass is 10.0. The summed E-state index contributed by atoms with van der Waals surface area (Å²) in [6.07, 6.45) is 4.02. The molecule has 3 rings (SSSR count). The first-order valence-corrected chi connectivity index (χ1v) is 7.93. The molecule has 1 N–H and O–H groups in total. The molecule has 0 amide bonds. The van der Waals surface area contributed by atoms with Crippen LogP contribution in [0.2, 0.25) is 0 Å². The van der Waals surface area contributed by atoms with E-state index in [0.29, 0.717) is 18.2 Å². The van der Waals surface area contributed by atoms with Crippen LogP contribution in [0.1, 0.15) is 31.7 Å². The van der Waals surface area contributed by atoms with Gasteiger partial charge in [0.2, 0.25) is 0 Å². The van der Waals surface area contributed by atoms with E-state index < -0.39 is 0 Å². The van der Waals surface area contributed by atoms with Crippen LogP contribution in [-0.4, -0.2) is 42.8 Å². The Morgan fingerprint density at radius 1 is 1.20 bits per heavy atom. The van der Waals surface area contributed by atoms with Crippen LogP contribution in [0.25, 0.3) is 0 Å². The summed E-state index contributed by atoms with van der Waals surface area (Å²) in [4.78, 5) is 2.57. The number of ether oxygens (including phenoxy) is 1. The number of nitrogens with one attached hydrogen (secondary N) is 1. The Hall–Kier alpha value is -0.900. The van der Waals surface area contributed by atoms with Crippen molar-refractivity contribution >= 4 is 0 Å². The fourth-order valence-electron chi connectivity index (χ4n) is 3.44. The second kappa shape index (κ2) is 6.70. The highest BCUT2D eigenvalue weighted by molar-refractivity contribution is 5.14. The topological polar surface area (TPSA) is 24.5 Å². The first kappa shape index (κ1) is 14.1. The molecule has 0 aliphatic carbocycles. The number of rotatable bonds is 4. The summed E-state index contributed by atoms with van der Waals surface area (Å²) in [6.45, 7) is 6.58. The number of benzene rings is 1. The third kappa shape index (κ3) is 3.81. The molecule has 2 aliphatic rings. The van der Waals surface area contributed by atoms with Crippen LogP contribution >= 0.6 is 0 Å². The van der Waals surface area contributed by atoms with E-state index in [1.807, 2.05) is 0 Å². The normalized spacial score (nSPS) is 31.6. The van der Waals surface area contributed by atoms with Crippen LogP contribution in [0.4, 0.5) is 0 Å². The van der Waals surface area contributed by atoms with Gasteiger partial charge >= 0.3 is 0 Å². The third-order valence-electron chi connectivity index (χ3n) is 4.48. The van der Waals surface area contributed by atoms with E-state index in [9.17, 15) is 0 Å². The van der Waals surface area contributed by atoms with Gasteiger partial charge in [0.1, 0.15) is 0 Å². The summed E-state index contributed by atoms with van der Waals surface area (Å²) >= 11 is 0. The van der Waals surface area contributed by atoms with Gasteiger partial charge in [-0.1, -0.05) is 30.3 Å². The molecule has 1 aromatic rings. The van der Waals surface area contributed by atoms with Gasteiger partial charge in [-0.3, -0.25) is 4.90 Å². The second-order valence-corrected chi connectivity index (χ2v) is 6.28. The Morgan fingerprint density at radius 2 is 2.05 bits per heavy atom. The molecule has 0 aromatic heterocycles. The van der Waals surface area contributed by atoms with Crippen LogP contribution in [-0.2, 0) is 11.3 Å². The fourth-order valence-corrected chi connectivity index (χ4v) is 3.44. The van der Waals surface area contributed by atoms with Crippen molar-refractivity contribution in [2.24, 2.45) is 0 Å². The fraction of sp³-hybridized carbons (Fsp3) is 0.647. The molecular weight excluding hydrogens is 248 g/mol. The van der Waals surface area contributed by atoms with Crippen molar-refractivity contribution in [2.45, 2.75) is 50.9 Å². The van der Waals surface area contributed by atoms with E-state index in [2.05, 4.69) is 47.5 Å². The van der Waals surface area contributed by atoms with E-state index in [1.54, 1.807) is 0 Å². The lowest BCUT2D eigenvalue weighted by molar-refractivity contribution is 0.0114. The van der Waals surface area contributed by atoms with E-state index in [-0.39, 0.29) is 0 Å². The largest absolute Gasteiger partial charge is 0.378 e. The minimum atomic E-state index is 0.420. The Bertz CT molecular complexity index is 409. The number of hydrogen-bond acceptors (Lipinski definition) is 3. The van der Waals surface area contributed by atoms with E-state index in [0.717, 1.165) is 19.6 Å². The summed E-state index contributed by atoms with van der Waals surface area (Å²) in [5, 5.41) is 3.84. The maximum Gasteiger partial charge on any atom is 0.0561 e. The third-order valence-corrected chi connectivity index (χ3v) is 4.48. The molecule has 0 bridgehead atoms. The Kier molecular flexibility index (Phi) is 4.71. The van der Waals surface area contributed by atoms with Crippen molar-refractivity contribution in [1.29, 1.82) is 0 Å². The predicted octanol–water partition coefficient (Wildman–Crippen LogP) is 2.42. The average Bonchev–Trinajstić information content (AvgIpc) is 2.87. The zero-order valence-electron chi connectivity index (χ0n) is 12.4. The van der Waals surface area contributed by atoms with Crippen molar-refractivity contribution in [1.82, 2.24) is 10.2 Å². The molecule has 2 aliphatic heterocycles. The zero-order chi connectivity index (χ0) is 13.8. The van der Waals surface area contributed by atoms with Gasteiger partial charge in [0.25, 0.3) is 0 Å². The molecule has 3 unspecified atom stereocenters. The average molecular weight is 274 g/mol. The van der Waals surface area contributed by atoms with E-state index in [1.165, 1.54) is 31.5 Å². The van der Waals surface area contributed by atoms with Crippen molar-refractivity contribution in [2.75, 3.05) is 19.7 Å². The lowest BCUT2D eigenvalue weighted by Gasteiger charge is -2.30. The number of nitrogens with zero attached hydrogens (tertiary/aromatic N) is 1. The molecule has 2 saturated heterocycles. The van der Waals surface area contributed by atoms with Gasteiger partial charge in [0.05, 0.1) is 6.10 Å². The smallest absolute Gasteiger partial charge is 0.0561 e. The molecule has 2 heterocycles. The summed E-state index contributed by atoms with van der Waals surface area (Å²) < 4.78 is 5.62. The molecular formula is C17H26N2O. The highest BCUT2D eigenvalue weighted by atomic mass is 16.5. The highest BCUT2D eigenvalue weighted by Crippen LogP contribution is 2.18. The van der Waals surface area contributed by atoms with Gasteiger partial charge in [-0.2, -0.15) is 0 Å². The minimum absolute atomic E-state index is 0.420. The summed E-state index contributed by atoms with van der Waals surface area (Å²) in [6, 6.07) is 12.1. The van der Waals surface area contributed by atoms with Crippen molar-refractivity contribution < 1.29 is 4.74 Å². The summed E-state index contributed by atoms with van der Waals surface area (Å²) in [5.74, 6) is 0. The van der Waals surface area contributed by atoms with Crippen LogP contribution in [0.3, 0.4) is 0 Å². The maximum absolute atomic E-state index is 5.62. The van der Waals surface area contributed by atoms with Crippen molar-refractivity contribution in [3.8, 4) is 0 Å². The minimum Gasteiger partial charge on any atom is -0.378 e. The van der Waals surface area contributed by atoms with Gasteiger partial charge in [-0.25, -0.2) is 0 Å². The quantitative estimate of drug-likeness (QED) is 0.912. The molecule has 2 fully saturated rings. The monoisotopic (exact) mass is 274 g/mol. The van der Waals surface area contributed by atoms with Gasteiger partial charge in [-0.05, 0) is 31.7 Å². The molecule has 1 aromatic carbocycles. The van der Waals surface area contributed by atoms with E-state index in [4.69, 9.17) is 4.74 Å². The first-order chi connectivity index (χ1) is 9.79. The molecule has 3 nitrogen and oxygen atoms in total. The lowest BCUT2D eigenvalue weighted by Crippen LogP contribution is -2.44. The Morgan fingerprint density at radius 3 is 2.85 bits per heavy atom. The molecule has 3 atom stereocenters. The number of likely N-dealkylation sites (tertiary alicyclic amines) is 1. The Balaban J connectivity index is 1.45. The summed E-state index contributed by atoms with van der Waals surface area (Å²) in [5.41, 5.74) is 1.42. The molecule has 20 heavy (non-hydrogen) atoms. The van der Waals surface area contributed by atoms with E-state index >= 15 is 0 Å². The first-order valence-electron chi connectivity index (χ1n) is 7.93. The Labute approximate surface area is 122 Å². The van der Waals surface area contributed by atoms with Gasteiger partial charge < -0.3 is 10.1 Å². The van der Waals surface area contributed by atoms with Gasteiger partial charge in [0.15, 0.2) is 0 Å². The molecule has 0 saturated carbocycles. The summed E-state index contributed by atoms with van der Waals surface area (Å²) in [7, 11) is 0. The van der Waals surface area contributed by atoms with Crippen molar-refractivity contribution in [3.63, 3.8) is 0 Å².